The van der Waals surface area contributed by atoms with Crippen LogP contribution in [0.3, 0.4) is 0 Å². The minimum atomic E-state index is 0.420. The summed E-state index contributed by atoms with van der Waals surface area (Å²) in [4.78, 5) is 11.7. The summed E-state index contributed by atoms with van der Waals surface area (Å²) in [5.41, 5.74) is 3.78. The first kappa shape index (κ1) is 24.1. The number of rotatable bonds is 9. The van der Waals surface area contributed by atoms with Crippen LogP contribution in [-0.2, 0) is 13.6 Å². The van der Waals surface area contributed by atoms with Gasteiger partial charge < -0.3 is 15.1 Å². The molecule has 7 nitrogen and oxygen atoms in total. The lowest BCUT2D eigenvalue weighted by Gasteiger charge is -2.36. The third kappa shape index (κ3) is 6.73. The van der Waals surface area contributed by atoms with Gasteiger partial charge in [0.25, 0.3) is 0 Å². The quantitative estimate of drug-likeness (QED) is 0.370. The molecular weight excluding hydrogens is 398 g/mol. The number of piperazine rings is 1. The van der Waals surface area contributed by atoms with Gasteiger partial charge >= 0.3 is 0 Å². The highest BCUT2D eigenvalue weighted by Gasteiger charge is 2.17. The van der Waals surface area contributed by atoms with Gasteiger partial charge in [-0.05, 0) is 37.4 Å². The van der Waals surface area contributed by atoms with Crippen molar-refractivity contribution in [2.75, 3.05) is 58.3 Å². The molecular formula is C25H41N7. The maximum atomic E-state index is 4.62. The lowest BCUT2D eigenvalue weighted by Crippen LogP contribution is -2.46. The number of aromatic nitrogens is 2. The van der Waals surface area contributed by atoms with Crippen molar-refractivity contribution in [2.24, 2.45) is 12.0 Å². The van der Waals surface area contributed by atoms with E-state index in [-0.39, 0.29) is 0 Å². The number of benzene rings is 1. The Morgan fingerprint density at radius 2 is 1.84 bits per heavy atom. The molecule has 1 saturated heterocycles. The highest BCUT2D eigenvalue weighted by molar-refractivity contribution is 5.79. The summed E-state index contributed by atoms with van der Waals surface area (Å²) in [6.07, 6.45) is 4.48. The first-order valence-electron chi connectivity index (χ1n) is 11.9. The van der Waals surface area contributed by atoms with Crippen LogP contribution in [0.2, 0.25) is 0 Å². The van der Waals surface area contributed by atoms with Gasteiger partial charge in [0, 0.05) is 77.9 Å². The van der Waals surface area contributed by atoms with Crippen molar-refractivity contribution in [1.82, 2.24) is 24.9 Å². The highest BCUT2D eigenvalue weighted by atomic mass is 15.3. The van der Waals surface area contributed by atoms with Gasteiger partial charge in [0.1, 0.15) is 0 Å². The van der Waals surface area contributed by atoms with Gasteiger partial charge in [-0.15, -0.1) is 0 Å². The van der Waals surface area contributed by atoms with E-state index in [4.69, 9.17) is 0 Å². The van der Waals surface area contributed by atoms with Crippen LogP contribution in [0.5, 0.6) is 0 Å². The second kappa shape index (κ2) is 11.9. The van der Waals surface area contributed by atoms with Crippen LogP contribution in [0.25, 0.3) is 0 Å². The van der Waals surface area contributed by atoms with Crippen molar-refractivity contribution in [2.45, 2.75) is 39.2 Å². The van der Waals surface area contributed by atoms with Gasteiger partial charge in [-0.1, -0.05) is 32.0 Å². The number of nitrogens with one attached hydrogen (secondary N) is 1. The van der Waals surface area contributed by atoms with E-state index in [9.17, 15) is 0 Å². The van der Waals surface area contributed by atoms with E-state index >= 15 is 0 Å². The summed E-state index contributed by atoms with van der Waals surface area (Å²) < 4.78 is 1.91. The van der Waals surface area contributed by atoms with Crippen LogP contribution in [0.1, 0.15) is 43.9 Å². The molecule has 176 valence electrons. The molecule has 0 bridgehead atoms. The number of hydrogen-bond donors (Lipinski definition) is 1. The Bertz CT molecular complexity index is 835. The molecule has 0 saturated carbocycles. The van der Waals surface area contributed by atoms with Gasteiger partial charge in [0.15, 0.2) is 5.96 Å². The van der Waals surface area contributed by atoms with Crippen molar-refractivity contribution in [1.29, 1.82) is 0 Å². The van der Waals surface area contributed by atoms with Crippen LogP contribution >= 0.6 is 0 Å². The summed E-state index contributed by atoms with van der Waals surface area (Å²) in [6, 6.07) is 10.8. The van der Waals surface area contributed by atoms with Crippen LogP contribution in [0, 0.1) is 0 Å². The smallest absolute Gasteiger partial charge is 0.193 e. The molecule has 0 radical (unpaired) electrons. The van der Waals surface area contributed by atoms with Gasteiger partial charge in [-0.3, -0.25) is 14.6 Å². The number of unbranched alkanes of at least 4 members (excludes halogenated alkanes) is 1. The van der Waals surface area contributed by atoms with Crippen molar-refractivity contribution in [3.05, 3.63) is 47.8 Å². The zero-order valence-corrected chi connectivity index (χ0v) is 20.6. The van der Waals surface area contributed by atoms with Gasteiger partial charge in [0.05, 0.1) is 5.69 Å². The minimum absolute atomic E-state index is 0.420. The fourth-order valence-electron chi connectivity index (χ4n) is 4.41. The van der Waals surface area contributed by atoms with Gasteiger partial charge in [-0.2, -0.15) is 5.10 Å². The number of anilines is 1. The molecule has 0 spiro atoms. The fourth-order valence-corrected chi connectivity index (χ4v) is 4.41. The third-order valence-electron chi connectivity index (χ3n) is 6.14. The molecule has 1 aliphatic heterocycles. The predicted octanol–water partition coefficient (Wildman–Crippen LogP) is 3.15. The second-order valence-corrected chi connectivity index (χ2v) is 9.07. The molecule has 0 amide bonds. The molecule has 2 aromatic rings. The average Bonchev–Trinajstić information content (AvgIpc) is 3.17. The summed E-state index contributed by atoms with van der Waals surface area (Å²) >= 11 is 0. The Labute approximate surface area is 194 Å². The molecule has 1 aromatic carbocycles. The predicted molar refractivity (Wildman–Crippen MR) is 134 cm³/mol. The average molecular weight is 440 g/mol. The number of para-hydroxylation sites is 1. The van der Waals surface area contributed by atoms with E-state index in [0.29, 0.717) is 5.92 Å². The van der Waals surface area contributed by atoms with Crippen molar-refractivity contribution in [3.63, 3.8) is 0 Å². The van der Waals surface area contributed by atoms with Crippen LogP contribution in [0.4, 0.5) is 5.69 Å². The van der Waals surface area contributed by atoms with Gasteiger partial charge in [-0.25, -0.2) is 0 Å². The molecule has 1 N–H and O–H groups in total. The first-order valence-corrected chi connectivity index (χ1v) is 11.9. The summed E-state index contributed by atoms with van der Waals surface area (Å²) in [6.45, 7) is 11.9. The van der Waals surface area contributed by atoms with Crippen molar-refractivity contribution < 1.29 is 0 Å². The Balaban J connectivity index is 1.34. The number of aryl methyl sites for hydroxylation is 1. The normalized spacial score (nSPS) is 15.4. The van der Waals surface area contributed by atoms with E-state index in [1.807, 2.05) is 18.8 Å². The van der Waals surface area contributed by atoms with E-state index in [0.717, 1.165) is 51.6 Å². The van der Waals surface area contributed by atoms with Gasteiger partial charge in [0.2, 0.25) is 0 Å². The van der Waals surface area contributed by atoms with Crippen molar-refractivity contribution in [3.8, 4) is 0 Å². The topological polar surface area (TPSA) is 51.9 Å². The molecule has 1 fully saturated rings. The fraction of sp³-hybridized carbons (Fsp3) is 0.600. The molecule has 0 aliphatic carbocycles. The Morgan fingerprint density at radius 3 is 2.50 bits per heavy atom. The van der Waals surface area contributed by atoms with E-state index < -0.39 is 0 Å². The molecule has 0 atom stereocenters. The van der Waals surface area contributed by atoms with E-state index in [2.05, 4.69) is 87.5 Å². The Morgan fingerprint density at radius 1 is 1.12 bits per heavy atom. The third-order valence-corrected chi connectivity index (χ3v) is 6.14. The highest BCUT2D eigenvalue weighted by Crippen LogP contribution is 2.19. The molecule has 3 rings (SSSR count). The SMILES string of the molecule is CN=C(NCCCCN1CCN(c2ccccc2)CC1)N(C)Cc1cn(C)nc1C(C)C. The number of guanidine groups is 1. The first-order chi connectivity index (χ1) is 15.5. The molecule has 1 aliphatic rings. The van der Waals surface area contributed by atoms with E-state index in [1.165, 1.54) is 29.9 Å². The zero-order valence-electron chi connectivity index (χ0n) is 20.6. The Hall–Kier alpha value is -2.54. The maximum absolute atomic E-state index is 4.62. The van der Waals surface area contributed by atoms with Crippen LogP contribution in [-0.4, -0.2) is 78.9 Å². The summed E-state index contributed by atoms with van der Waals surface area (Å²) in [5, 5.41) is 8.16. The monoisotopic (exact) mass is 439 g/mol. The number of nitrogens with zero attached hydrogens (tertiary/aromatic N) is 6. The standard InChI is InChI=1S/C25H41N7/c1-21(2)24-22(20-30(5)28-24)19-29(4)25(26-3)27-13-9-10-14-31-15-17-32(18-16-31)23-11-7-6-8-12-23/h6-8,11-12,20-21H,9-10,13-19H2,1-5H3,(H,26,27). The second-order valence-electron chi connectivity index (χ2n) is 9.07. The largest absolute Gasteiger partial charge is 0.369 e. The summed E-state index contributed by atoms with van der Waals surface area (Å²) in [5.74, 6) is 1.36. The van der Waals surface area contributed by atoms with E-state index in [1.54, 1.807) is 0 Å². The minimum Gasteiger partial charge on any atom is -0.369 e. The van der Waals surface area contributed by atoms with Crippen LogP contribution < -0.4 is 10.2 Å². The number of hydrogen-bond acceptors (Lipinski definition) is 4. The lowest BCUT2D eigenvalue weighted by atomic mass is 10.1. The number of aliphatic imine (C=N–C) groups is 1. The van der Waals surface area contributed by atoms with Crippen LogP contribution in [0.15, 0.2) is 41.5 Å². The molecule has 2 heterocycles. The van der Waals surface area contributed by atoms with Crippen molar-refractivity contribution >= 4 is 11.6 Å². The molecule has 32 heavy (non-hydrogen) atoms. The Kier molecular flexibility index (Phi) is 8.97. The molecule has 1 aromatic heterocycles. The summed E-state index contributed by atoms with van der Waals surface area (Å²) in [7, 11) is 5.94. The molecule has 0 unspecified atom stereocenters. The maximum Gasteiger partial charge on any atom is 0.193 e. The zero-order chi connectivity index (χ0) is 22.9. The molecule has 7 heteroatoms. The lowest BCUT2D eigenvalue weighted by molar-refractivity contribution is 0.253.